The maximum atomic E-state index is 14.0. The molecular weight excluding hydrogens is 472 g/mol. The zero-order chi connectivity index (χ0) is 25.8. The molecule has 1 aliphatic rings. The van der Waals surface area contributed by atoms with Gasteiger partial charge in [0.25, 0.3) is 0 Å². The number of carbonyl (C=O) groups excluding carboxylic acids is 1. The van der Waals surface area contributed by atoms with Gasteiger partial charge in [-0.3, -0.25) is 8.77 Å². The molecule has 1 aliphatic carbocycles. The Labute approximate surface area is 212 Å². The smallest absolute Gasteiger partial charge is 0.249 e. The van der Waals surface area contributed by atoms with Gasteiger partial charge in [0.05, 0.1) is 11.4 Å². The second-order valence-corrected chi connectivity index (χ2v) is 11.3. The van der Waals surface area contributed by atoms with Crippen molar-refractivity contribution in [3.8, 4) is 0 Å². The van der Waals surface area contributed by atoms with Crippen molar-refractivity contribution in [2.45, 2.75) is 11.2 Å². The second kappa shape index (κ2) is 10.4. The Balaban J connectivity index is 1.58. The lowest BCUT2D eigenvalue weighted by atomic mass is 9.89. The number of anilines is 2. The van der Waals surface area contributed by atoms with Crippen molar-refractivity contribution in [3.05, 3.63) is 108 Å². The molecule has 36 heavy (non-hydrogen) atoms. The van der Waals surface area contributed by atoms with Crippen LogP contribution in [0.25, 0.3) is 11.6 Å². The summed E-state index contributed by atoms with van der Waals surface area (Å²) in [5.74, 6) is -0.361. The number of hydrogen-bond donors (Lipinski definition) is 2. The van der Waals surface area contributed by atoms with E-state index < -0.39 is 14.8 Å². The third kappa shape index (κ3) is 5.35. The number of nitrogens with zero attached hydrogens (tertiary/aromatic N) is 2. The molecule has 0 spiro atoms. The van der Waals surface area contributed by atoms with Crippen LogP contribution in [0.5, 0.6) is 0 Å². The summed E-state index contributed by atoms with van der Waals surface area (Å²) in [6, 6.07) is 18.5. The summed E-state index contributed by atoms with van der Waals surface area (Å²) < 4.78 is 28.1. The lowest BCUT2D eigenvalue weighted by molar-refractivity contribution is -0.111. The number of benzene rings is 2. The maximum absolute atomic E-state index is 14.0. The molecule has 7 nitrogen and oxygen atoms in total. The van der Waals surface area contributed by atoms with Crippen molar-refractivity contribution in [1.29, 1.82) is 0 Å². The number of amides is 1. The molecule has 4 rings (SSSR count). The number of aromatic nitrogens is 1. The van der Waals surface area contributed by atoms with Crippen molar-refractivity contribution in [2.75, 3.05) is 31.7 Å². The van der Waals surface area contributed by atoms with Crippen LogP contribution in [0.15, 0.2) is 97.4 Å². The normalized spacial score (nSPS) is 17.9. The van der Waals surface area contributed by atoms with Crippen LogP contribution >= 0.6 is 0 Å². The molecule has 2 aromatic carbocycles. The van der Waals surface area contributed by atoms with Crippen LogP contribution in [0.3, 0.4) is 0 Å². The largest absolute Gasteiger partial charge is 0.397 e. The summed E-state index contributed by atoms with van der Waals surface area (Å²) in [6.45, 7) is 0.320. The number of para-hydroxylation sites is 2. The van der Waals surface area contributed by atoms with Crippen molar-refractivity contribution in [1.82, 2.24) is 8.87 Å². The minimum absolute atomic E-state index is 0.320. The van der Waals surface area contributed by atoms with Gasteiger partial charge in [-0.25, -0.2) is 8.42 Å². The van der Waals surface area contributed by atoms with Crippen molar-refractivity contribution < 1.29 is 13.2 Å². The molecule has 1 atom stereocenters. The first-order valence-corrected chi connectivity index (χ1v) is 13.0. The van der Waals surface area contributed by atoms with Gasteiger partial charge in [-0.2, -0.15) is 0 Å². The number of hydrogen-bond acceptors (Lipinski definition) is 5. The third-order valence-electron chi connectivity index (χ3n) is 6.04. The Kier molecular flexibility index (Phi) is 7.28. The number of allylic oxidation sites excluding steroid dienone is 3. The highest BCUT2D eigenvalue weighted by molar-refractivity contribution is 7.91. The van der Waals surface area contributed by atoms with E-state index in [0.717, 1.165) is 11.1 Å². The topological polar surface area (TPSA) is 97.4 Å². The van der Waals surface area contributed by atoms with Gasteiger partial charge < -0.3 is 16.0 Å². The number of nitrogens with two attached hydrogens (primary N) is 1. The van der Waals surface area contributed by atoms with Crippen LogP contribution in [0.2, 0.25) is 0 Å². The molecule has 1 aromatic heterocycles. The summed E-state index contributed by atoms with van der Waals surface area (Å²) in [5.41, 5.74) is 9.41. The average molecular weight is 503 g/mol. The first-order chi connectivity index (χ1) is 17.2. The Morgan fingerprint density at radius 2 is 1.83 bits per heavy atom. The standard InChI is InChI=1S/C28H30N4O3S/c1-31(2)21-28(17-8-11-24(19-28)23-9-4-3-5-10-23)36(34,35)32-18-16-22(20-32)14-15-27(33)30-26-13-7-6-12-25(26)29/h3-18,20H,19,21,29H2,1-2H3,(H,30,33)/b15-14+. The Hall–Kier alpha value is -3.88. The van der Waals surface area contributed by atoms with Gasteiger partial charge in [0.15, 0.2) is 0 Å². The first-order valence-electron chi connectivity index (χ1n) is 11.6. The zero-order valence-corrected chi connectivity index (χ0v) is 21.2. The molecule has 0 saturated carbocycles. The first kappa shape index (κ1) is 25.2. The Bertz CT molecular complexity index is 1440. The summed E-state index contributed by atoms with van der Waals surface area (Å²) in [7, 11) is -0.0979. The van der Waals surface area contributed by atoms with Gasteiger partial charge in [-0.05, 0) is 61.5 Å². The van der Waals surface area contributed by atoms with Gasteiger partial charge in [-0.1, -0.05) is 60.7 Å². The lowest BCUT2D eigenvalue weighted by Gasteiger charge is -2.35. The van der Waals surface area contributed by atoms with E-state index in [4.69, 9.17) is 5.73 Å². The Morgan fingerprint density at radius 1 is 1.11 bits per heavy atom. The fraction of sp³-hybridized carbons (Fsp3) is 0.179. The fourth-order valence-corrected chi connectivity index (χ4v) is 6.25. The van der Waals surface area contributed by atoms with E-state index in [9.17, 15) is 13.2 Å². The van der Waals surface area contributed by atoms with Crippen LogP contribution in [0, 0.1) is 0 Å². The average Bonchev–Trinajstić information content (AvgIpc) is 3.34. The molecule has 8 heteroatoms. The predicted molar refractivity (Wildman–Crippen MR) is 147 cm³/mol. The van der Waals surface area contributed by atoms with Gasteiger partial charge in [-0.15, -0.1) is 0 Å². The molecule has 0 fully saturated rings. The molecule has 1 heterocycles. The molecule has 186 valence electrons. The van der Waals surface area contributed by atoms with E-state index in [2.05, 4.69) is 5.32 Å². The fourth-order valence-electron chi connectivity index (χ4n) is 4.34. The van der Waals surface area contributed by atoms with Gasteiger partial charge >= 0.3 is 0 Å². The highest BCUT2D eigenvalue weighted by Gasteiger charge is 2.45. The molecule has 0 saturated heterocycles. The third-order valence-corrected chi connectivity index (χ3v) is 8.26. The monoisotopic (exact) mass is 502 g/mol. The van der Waals surface area contributed by atoms with Gasteiger partial charge in [0.1, 0.15) is 4.75 Å². The quantitative estimate of drug-likeness (QED) is 0.355. The lowest BCUT2D eigenvalue weighted by Crippen LogP contribution is -2.48. The van der Waals surface area contributed by atoms with Gasteiger partial charge in [0, 0.05) is 25.0 Å². The molecule has 1 amide bonds. The molecule has 3 N–H and O–H groups in total. The van der Waals surface area contributed by atoms with Crippen LogP contribution in [0.4, 0.5) is 11.4 Å². The summed E-state index contributed by atoms with van der Waals surface area (Å²) in [4.78, 5) is 14.2. The predicted octanol–water partition coefficient (Wildman–Crippen LogP) is 4.24. The molecule has 1 unspecified atom stereocenters. The van der Waals surface area contributed by atoms with Crippen LogP contribution < -0.4 is 11.1 Å². The molecule has 3 aromatic rings. The number of carbonyl (C=O) groups is 1. The van der Waals surface area contributed by atoms with Crippen molar-refractivity contribution in [3.63, 3.8) is 0 Å². The van der Waals surface area contributed by atoms with Gasteiger partial charge in [0.2, 0.25) is 15.9 Å². The van der Waals surface area contributed by atoms with E-state index in [-0.39, 0.29) is 5.91 Å². The summed E-state index contributed by atoms with van der Waals surface area (Å²) >= 11 is 0. The zero-order valence-electron chi connectivity index (χ0n) is 20.3. The van der Waals surface area contributed by atoms with Crippen LogP contribution in [-0.2, 0) is 14.8 Å². The molecule has 0 radical (unpaired) electrons. The van der Waals surface area contributed by atoms with E-state index in [1.807, 2.05) is 61.5 Å². The minimum Gasteiger partial charge on any atom is -0.397 e. The highest BCUT2D eigenvalue weighted by atomic mass is 32.2. The van der Waals surface area contributed by atoms with E-state index >= 15 is 0 Å². The summed E-state index contributed by atoms with van der Waals surface area (Å²) in [6.07, 6.45) is 11.9. The SMILES string of the molecule is CN(C)CC1(S(=O)(=O)n2ccc(/C=C/C(=O)Nc3ccccc3N)c2)C=CC=C(c2ccccc2)C1. The number of nitrogens with one attached hydrogen (secondary N) is 1. The maximum Gasteiger partial charge on any atom is 0.249 e. The molecular formula is C28H30N4O3S. The van der Waals surface area contributed by atoms with Crippen LogP contribution in [0.1, 0.15) is 17.5 Å². The second-order valence-electron chi connectivity index (χ2n) is 9.09. The number of nitrogen functional groups attached to an aromatic ring is 1. The van der Waals surface area contributed by atoms with E-state index in [1.165, 1.54) is 22.4 Å². The van der Waals surface area contributed by atoms with Crippen molar-refractivity contribution in [2.24, 2.45) is 0 Å². The van der Waals surface area contributed by atoms with Crippen molar-refractivity contribution >= 4 is 39.0 Å². The Morgan fingerprint density at radius 3 is 2.56 bits per heavy atom. The summed E-state index contributed by atoms with van der Waals surface area (Å²) in [5, 5.41) is 2.72. The van der Waals surface area contributed by atoms with E-state index in [0.29, 0.717) is 29.9 Å². The highest BCUT2D eigenvalue weighted by Crippen LogP contribution is 2.37. The minimum atomic E-state index is -3.84. The molecule has 0 bridgehead atoms. The molecule has 0 aliphatic heterocycles. The van der Waals surface area contributed by atoms with Crippen LogP contribution in [-0.4, -0.2) is 48.6 Å². The number of rotatable bonds is 8. The van der Waals surface area contributed by atoms with E-state index in [1.54, 1.807) is 42.5 Å².